The van der Waals surface area contributed by atoms with Crippen molar-refractivity contribution in [2.45, 2.75) is 31.6 Å². The number of nitrogens with zero attached hydrogens (tertiary/aromatic N) is 1. The van der Waals surface area contributed by atoms with Gasteiger partial charge in [0.25, 0.3) is 0 Å². The van der Waals surface area contributed by atoms with Crippen LogP contribution in [0.3, 0.4) is 0 Å². The number of rotatable bonds is 8. The maximum atomic E-state index is 13.5. The van der Waals surface area contributed by atoms with Gasteiger partial charge in [-0.3, -0.25) is 4.90 Å². The van der Waals surface area contributed by atoms with E-state index in [9.17, 15) is 9.18 Å². The fourth-order valence-corrected chi connectivity index (χ4v) is 4.53. The van der Waals surface area contributed by atoms with Crippen LogP contribution >= 0.6 is 0 Å². The number of para-hydroxylation sites is 1. The zero-order valence-corrected chi connectivity index (χ0v) is 18.2. The minimum Gasteiger partial charge on any atom is -0.491 e. The van der Waals surface area contributed by atoms with E-state index in [2.05, 4.69) is 9.88 Å². The predicted molar refractivity (Wildman–Crippen MR) is 122 cm³/mol. The molecule has 1 N–H and O–H groups in total. The predicted octanol–water partition coefficient (Wildman–Crippen LogP) is 5.13. The molecule has 1 saturated heterocycles. The number of nitrogens with one attached hydrogen (secondary N) is 1. The fourth-order valence-electron chi connectivity index (χ4n) is 4.53. The quantitative estimate of drug-likeness (QED) is 0.497. The highest BCUT2D eigenvalue weighted by molar-refractivity contribution is 5.92. The smallest absolute Gasteiger partial charge is 0.341 e. The van der Waals surface area contributed by atoms with Crippen molar-refractivity contribution in [2.24, 2.45) is 5.92 Å². The Bertz CT molecular complexity index is 1080. The Morgan fingerprint density at radius 3 is 2.72 bits per heavy atom. The third kappa shape index (κ3) is 4.80. The van der Waals surface area contributed by atoms with Gasteiger partial charge in [-0.1, -0.05) is 12.1 Å². The van der Waals surface area contributed by atoms with Crippen LogP contribution < -0.4 is 4.74 Å². The summed E-state index contributed by atoms with van der Waals surface area (Å²) >= 11 is 0. The van der Waals surface area contributed by atoms with Gasteiger partial charge in [0.05, 0.1) is 6.61 Å². The molecule has 0 radical (unpaired) electrons. The molecule has 5 nitrogen and oxygen atoms in total. The summed E-state index contributed by atoms with van der Waals surface area (Å²) in [4.78, 5) is 18.0. The highest BCUT2D eigenvalue weighted by Gasteiger charge is 2.25. The fraction of sp³-hybridized carbons (Fsp3) is 0.423. The molecule has 2 aromatic carbocycles. The first kappa shape index (κ1) is 21.0. The van der Waals surface area contributed by atoms with E-state index in [-0.39, 0.29) is 11.8 Å². The lowest BCUT2D eigenvalue weighted by Gasteiger charge is -2.31. The standard InChI is InChI=1S/C26H29FN2O3/c27-20-7-8-21-23(16-28-24(21)15-20)19-9-11-29(12-10-19)13-14-31-25-4-2-1-3-22(25)26(30)32-17-18-5-6-18/h1-4,7-8,15-16,18-19,28H,5-6,9-14,17H2. The molecule has 1 aliphatic carbocycles. The monoisotopic (exact) mass is 436 g/mol. The van der Waals surface area contributed by atoms with Crippen LogP contribution in [-0.2, 0) is 4.74 Å². The van der Waals surface area contributed by atoms with Crippen molar-refractivity contribution in [3.63, 3.8) is 0 Å². The first-order chi connectivity index (χ1) is 15.7. The molecule has 0 amide bonds. The van der Waals surface area contributed by atoms with Crippen LogP contribution in [0.25, 0.3) is 10.9 Å². The van der Waals surface area contributed by atoms with Gasteiger partial charge in [-0.15, -0.1) is 0 Å². The maximum Gasteiger partial charge on any atom is 0.341 e. The van der Waals surface area contributed by atoms with Crippen LogP contribution in [0.5, 0.6) is 5.75 Å². The zero-order chi connectivity index (χ0) is 21.9. The molecular formula is C26H29FN2O3. The molecule has 2 heterocycles. The van der Waals surface area contributed by atoms with E-state index in [1.807, 2.05) is 30.5 Å². The molecule has 5 rings (SSSR count). The normalized spacial score (nSPS) is 17.5. The number of aromatic amines is 1. The number of fused-ring (bicyclic) bond motifs is 1. The van der Waals surface area contributed by atoms with Crippen molar-refractivity contribution >= 4 is 16.9 Å². The number of carbonyl (C=O) groups is 1. The molecule has 2 fully saturated rings. The summed E-state index contributed by atoms with van der Waals surface area (Å²) in [6.45, 7) is 3.84. The molecule has 1 saturated carbocycles. The number of esters is 1. The Balaban J connectivity index is 1.11. The zero-order valence-electron chi connectivity index (χ0n) is 18.2. The van der Waals surface area contributed by atoms with Crippen LogP contribution in [0.15, 0.2) is 48.7 Å². The van der Waals surface area contributed by atoms with Crippen LogP contribution in [0.2, 0.25) is 0 Å². The SMILES string of the molecule is O=C(OCC1CC1)c1ccccc1OCCN1CCC(c2c[nH]c3cc(F)ccc23)CC1. The second-order valence-corrected chi connectivity index (χ2v) is 8.94. The second-order valence-electron chi connectivity index (χ2n) is 8.94. The number of likely N-dealkylation sites (tertiary alicyclic amines) is 1. The van der Waals surface area contributed by atoms with E-state index in [0.717, 1.165) is 56.2 Å². The third-order valence-electron chi connectivity index (χ3n) is 6.62. The Kier molecular flexibility index (Phi) is 6.12. The summed E-state index contributed by atoms with van der Waals surface area (Å²) in [6, 6.07) is 12.3. The Morgan fingerprint density at radius 1 is 1.09 bits per heavy atom. The Labute approximate surface area is 187 Å². The molecule has 2 aliphatic rings. The van der Waals surface area contributed by atoms with Gasteiger partial charge in [-0.05, 0) is 86.5 Å². The Morgan fingerprint density at radius 2 is 1.91 bits per heavy atom. The van der Waals surface area contributed by atoms with E-state index < -0.39 is 0 Å². The lowest BCUT2D eigenvalue weighted by molar-refractivity contribution is 0.0480. The van der Waals surface area contributed by atoms with Crippen LogP contribution in [0.4, 0.5) is 4.39 Å². The first-order valence-electron chi connectivity index (χ1n) is 11.6. The molecule has 0 atom stereocenters. The topological polar surface area (TPSA) is 54.6 Å². The van der Waals surface area contributed by atoms with E-state index in [4.69, 9.17) is 9.47 Å². The Hall–Kier alpha value is -2.86. The molecule has 32 heavy (non-hydrogen) atoms. The number of piperidine rings is 1. The lowest BCUT2D eigenvalue weighted by Crippen LogP contribution is -2.35. The second kappa shape index (κ2) is 9.33. The highest BCUT2D eigenvalue weighted by Crippen LogP contribution is 2.33. The minimum atomic E-state index is -0.299. The molecule has 0 spiro atoms. The number of hydrogen-bond donors (Lipinski definition) is 1. The average molecular weight is 437 g/mol. The molecule has 6 heteroatoms. The third-order valence-corrected chi connectivity index (χ3v) is 6.62. The van der Waals surface area contributed by atoms with Gasteiger partial charge in [0.2, 0.25) is 0 Å². The maximum absolute atomic E-state index is 13.5. The summed E-state index contributed by atoms with van der Waals surface area (Å²) in [5, 5.41) is 1.12. The van der Waals surface area contributed by atoms with Crippen LogP contribution in [-0.4, -0.2) is 48.7 Å². The van der Waals surface area contributed by atoms with Crippen molar-refractivity contribution in [1.82, 2.24) is 9.88 Å². The van der Waals surface area contributed by atoms with Gasteiger partial charge in [-0.25, -0.2) is 9.18 Å². The number of halogens is 1. The van der Waals surface area contributed by atoms with E-state index >= 15 is 0 Å². The summed E-state index contributed by atoms with van der Waals surface area (Å²) in [6.07, 6.45) is 6.47. The largest absolute Gasteiger partial charge is 0.491 e. The number of aromatic nitrogens is 1. The van der Waals surface area contributed by atoms with Crippen molar-refractivity contribution in [3.8, 4) is 5.75 Å². The van der Waals surface area contributed by atoms with Gasteiger partial charge < -0.3 is 14.5 Å². The van der Waals surface area contributed by atoms with E-state index in [1.165, 1.54) is 11.6 Å². The first-order valence-corrected chi connectivity index (χ1v) is 11.6. The molecule has 168 valence electrons. The number of H-pyrrole nitrogens is 1. The highest BCUT2D eigenvalue weighted by atomic mass is 19.1. The minimum absolute atomic E-state index is 0.210. The molecule has 0 unspecified atom stereocenters. The molecule has 1 aliphatic heterocycles. The van der Waals surface area contributed by atoms with Gasteiger partial charge in [0.15, 0.2) is 0 Å². The van der Waals surface area contributed by atoms with Crippen LogP contribution in [0, 0.1) is 11.7 Å². The number of benzene rings is 2. The van der Waals surface area contributed by atoms with Gasteiger partial charge in [0, 0.05) is 23.6 Å². The number of hydrogen-bond acceptors (Lipinski definition) is 4. The molecular weight excluding hydrogens is 407 g/mol. The average Bonchev–Trinajstić information content (AvgIpc) is 3.56. The molecule has 1 aromatic heterocycles. The van der Waals surface area contributed by atoms with Crippen molar-refractivity contribution in [1.29, 1.82) is 0 Å². The van der Waals surface area contributed by atoms with Gasteiger partial charge >= 0.3 is 5.97 Å². The number of ether oxygens (including phenoxy) is 2. The lowest BCUT2D eigenvalue weighted by atomic mass is 9.89. The van der Waals surface area contributed by atoms with Crippen LogP contribution in [0.1, 0.15) is 47.5 Å². The van der Waals surface area contributed by atoms with Crippen molar-refractivity contribution in [3.05, 3.63) is 65.6 Å². The van der Waals surface area contributed by atoms with Gasteiger partial charge in [-0.2, -0.15) is 0 Å². The van der Waals surface area contributed by atoms with E-state index in [0.29, 0.717) is 36.4 Å². The van der Waals surface area contributed by atoms with E-state index in [1.54, 1.807) is 12.1 Å². The summed E-state index contributed by atoms with van der Waals surface area (Å²) < 4.78 is 24.8. The summed E-state index contributed by atoms with van der Waals surface area (Å²) in [7, 11) is 0. The van der Waals surface area contributed by atoms with Gasteiger partial charge in [0.1, 0.15) is 23.7 Å². The number of carbonyl (C=O) groups excluding carboxylic acids is 1. The van der Waals surface area contributed by atoms with Crippen molar-refractivity contribution < 1.29 is 18.7 Å². The molecule has 0 bridgehead atoms. The molecule has 3 aromatic rings. The van der Waals surface area contributed by atoms with Crippen molar-refractivity contribution in [2.75, 3.05) is 32.8 Å². The summed E-state index contributed by atoms with van der Waals surface area (Å²) in [5.41, 5.74) is 2.65. The summed E-state index contributed by atoms with van der Waals surface area (Å²) in [5.74, 6) is 1.10.